The molecule has 0 N–H and O–H groups in total. The number of nitrogens with zero attached hydrogens (tertiary/aromatic N) is 5. The van der Waals surface area contributed by atoms with Crippen molar-refractivity contribution < 1.29 is 13.9 Å². The number of benzene rings is 1. The first kappa shape index (κ1) is 17.9. The average molecular weight is 395 g/mol. The van der Waals surface area contributed by atoms with Crippen LogP contribution in [0, 0.1) is 5.82 Å². The molecule has 0 aliphatic carbocycles. The first-order chi connectivity index (χ1) is 14.1. The fraction of sp³-hybridized carbons (Fsp3) is 0.381. The summed E-state index contributed by atoms with van der Waals surface area (Å²) in [6.07, 6.45) is 5.54. The Kier molecular flexibility index (Phi) is 4.34. The van der Waals surface area contributed by atoms with E-state index in [1.807, 2.05) is 12.3 Å². The van der Waals surface area contributed by atoms with Crippen molar-refractivity contribution in [1.82, 2.24) is 19.5 Å². The molecule has 1 atom stereocenters. The van der Waals surface area contributed by atoms with Gasteiger partial charge in [0.2, 0.25) is 5.91 Å². The second-order valence-corrected chi connectivity index (χ2v) is 7.55. The van der Waals surface area contributed by atoms with Crippen LogP contribution in [0.1, 0.15) is 36.9 Å². The molecular weight excluding hydrogens is 373 g/mol. The zero-order valence-electron chi connectivity index (χ0n) is 16.2. The lowest BCUT2D eigenvalue weighted by molar-refractivity contribution is -0.129. The zero-order valence-corrected chi connectivity index (χ0v) is 16.2. The van der Waals surface area contributed by atoms with Crippen molar-refractivity contribution in [3.05, 3.63) is 53.6 Å². The van der Waals surface area contributed by atoms with Gasteiger partial charge in [-0.25, -0.2) is 13.9 Å². The maximum atomic E-state index is 14.1. The number of amides is 1. The molecule has 2 aliphatic rings. The summed E-state index contributed by atoms with van der Waals surface area (Å²) in [5, 5.41) is 4.38. The molecule has 2 bridgehead atoms. The smallest absolute Gasteiger partial charge is 0.219 e. The number of rotatable bonds is 0. The summed E-state index contributed by atoms with van der Waals surface area (Å²) in [6, 6.07) is 6.59. The van der Waals surface area contributed by atoms with Crippen LogP contribution in [0.3, 0.4) is 0 Å². The third-order valence-corrected chi connectivity index (χ3v) is 5.73. The lowest BCUT2D eigenvalue weighted by atomic mass is 10.0. The van der Waals surface area contributed by atoms with Crippen LogP contribution in [0.25, 0.3) is 5.65 Å². The van der Waals surface area contributed by atoms with E-state index >= 15 is 0 Å². The van der Waals surface area contributed by atoms with E-state index in [9.17, 15) is 9.18 Å². The van der Waals surface area contributed by atoms with E-state index in [1.165, 1.54) is 6.07 Å². The van der Waals surface area contributed by atoms with Crippen LogP contribution in [0.15, 0.2) is 36.7 Å². The van der Waals surface area contributed by atoms with Gasteiger partial charge in [0.15, 0.2) is 5.65 Å². The maximum Gasteiger partial charge on any atom is 0.219 e. The van der Waals surface area contributed by atoms with Crippen molar-refractivity contribution in [2.24, 2.45) is 0 Å². The number of anilines is 1. The molecule has 0 saturated carbocycles. The van der Waals surface area contributed by atoms with Gasteiger partial charge in [0.25, 0.3) is 0 Å². The summed E-state index contributed by atoms with van der Waals surface area (Å²) in [4.78, 5) is 21.0. The number of carbonyl (C=O) groups excluding carboxylic acids is 1. The molecule has 0 spiro atoms. The van der Waals surface area contributed by atoms with E-state index in [0.717, 1.165) is 42.0 Å². The van der Waals surface area contributed by atoms with Crippen LogP contribution < -0.4 is 9.64 Å². The number of hydrogen-bond donors (Lipinski definition) is 0. The fourth-order valence-corrected chi connectivity index (χ4v) is 4.27. The van der Waals surface area contributed by atoms with Crippen molar-refractivity contribution in [1.29, 1.82) is 0 Å². The van der Waals surface area contributed by atoms with Crippen molar-refractivity contribution >= 4 is 17.4 Å². The number of aromatic nitrogens is 3. The highest BCUT2D eigenvalue weighted by Crippen LogP contribution is 2.40. The van der Waals surface area contributed by atoms with Gasteiger partial charge < -0.3 is 14.5 Å². The Morgan fingerprint density at radius 1 is 1.28 bits per heavy atom. The summed E-state index contributed by atoms with van der Waals surface area (Å²) in [5.41, 5.74) is 2.45. The predicted molar refractivity (Wildman–Crippen MR) is 105 cm³/mol. The van der Waals surface area contributed by atoms with Crippen LogP contribution in [0.2, 0.25) is 0 Å². The van der Waals surface area contributed by atoms with E-state index in [-0.39, 0.29) is 17.8 Å². The predicted octanol–water partition coefficient (Wildman–Crippen LogP) is 2.95. The Labute approximate surface area is 167 Å². The molecule has 150 valence electrons. The van der Waals surface area contributed by atoms with Crippen LogP contribution in [-0.4, -0.2) is 45.1 Å². The van der Waals surface area contributed by atoms with Gasteiger partial charge in [-0.2, -0.15) is 5.10 Å². The van der Waals surface area contributed by atoms with Crippen LogP contribution >= 0.6 is 0 Å². The van der Waals surface area contributed by atoms with Gasteiger partial charge in [0, 0.05) is 30.8 Å². The van der Waals surface area contributed by atoms with E-state index in [2.05, 4.69) is 10.00 Å². The van der Waals surface area contributed by atoms with Gasteiger partial charge in [-0.05, 0) is 37.1 Å². The molecule has 0 radical (unpaired) electrons. The normalized spacial score (nSPS) is 19.2. The van der Waals surface area contributed by atoms with E-state index in [4.69, 9.17) is 9.72 Å². The monoisotopic (exact) mass is 395 g/mol. The number of fused-ring (bicyclic) bond motifs is 5. The van der Waals surface area contributed by atoms with Crippen molar-refractivity contribution in [3.8, 4) is 5.75 Å². The molecule has 1 amide bonds. The Morgan fingerprint density at radius 2 is 2.17 bits per heavy atom. The minimum Gasteiger partial charge on any atom is -0.491 e. The van der Waals surface area contributed by atoms with Gasteiger partial charge in [-0.15, -0.1) is 0 Å². The SMILES string of the molecule is CC(=O)N1CCOc2ccc(F)cc2[C@H]2CCCN2c2ccn3ncc(c3n2)C1. The van der Waals surface area contributed by atoms with Gasteiger partial charge in [0.05, 0.1) is 25.3 Å². The third-order valence-electron chi connectivity index (χ3n) is 5.73. The van der Waals surface area contributed by atoms with Crippen LogP contribution in [-0.2, 0) is 11.3 Å². The van der Waals surface area contributed by atoms with Crippen molar-refractivity contribution in [2.75, 3.05) is 24.6 Å². The number of carbonyl (C=O) groups is 1. The Bertz CT molecular complexity index is 1080. The fourth-order valence-electron chi connectivity index (χ4n) is 4.27. The molecule has 8 heteroatoms. The second-order valence-electron chi connectivity index (χ2n) is 7.55. The lowest BCUT2D eigenvalue weighted by Crippen LogP contribution is -2.32. The van der Waals surface area contributed by atoms with E-state index < -0.39 is 0 Å². The largest absolute Gasteiger partial charge is 0.491 e. The van der Waals surface area contributed by atoms with Crippen LogP contribution in [0.5, 0.6) is 5.75 Å². The molecule has 7 nitrogen and oxygen atoms in total. The highest BCUT2D eigenvalue weighted by atomic mass is 19.1. The van der Waals surface area contributed by atoms with Gasteiger partial charge >= 0.3 is 0 Å². The first-order valence-corrected chi connectivity index (χ1v) is 9.88. The molecule has 2 aliphatic heterocycles. The van der Waals surface area contributed by atoms with Crippen molar-refractivity contribution in [3.63, 3.8) is 0 Å². The summed E-state index contributed by atoms with van der Waals surface area (Å²) in [6.45, 7) is 3.56. The summed E-state index contributed by atoms with van der Waals surface area (Å²) in [5.74, 6) is 1.16. The van der Waals surface area contributed by atoms with Gasteiger partial charge in [-0.1, -0.05) is 0 Å². The second kappa shape index (κ2) is 7.02. The van der Waals surface area contributed by atoms with E-state index in [1.54, 1.807) is 34.7 Å². The van der Waals surface area contributed by atoms with E-state index in [0.29, 0.717) is 25.4 Å². The summed E-state index contributed by atoms with van der Waals surface area (Å²) < 4.78 is 21.9. The number of halogens is 1. The third kappa shape index (κ3) is 3.18. The molecule has 29 heavy (non-hydrogen) atoms. The van der Waals surface area contributed by atoms with Gasteiger partial charge in [-0.3, -0.25) is 4.79 Å². The van der Waals surface area contributed by atoms with Crippen LogP contribution in [0.4, 0.5) is 10.2 Å². The summed E-state index contributed by atoms with van der Waals surface area (Å²) in [7, 11) is 0. The standard InChI is InChI=1S/C21H22FN5O2/c1-14(28)25-9-10-29-19-5-4-16(22)11-17(19)18-3-2-7-26(18)20-6-8-27-21(24-20)15(13-25)12-23-27/h4-6,8,11-12,18H,2-3,7,9-10,13H2,1H3/t18-/m1/s1. The Hall–Kier alpha value is -3.16. The minimum atomic E-state index is -0.282. The summed E-state index contributed by atoms with van der Waals surface area (Å²) >= 11 is 0. The molecule has 4 heterocycles. The quantitative estimate of drug-likeness (QED) is 0.586. The Morgan fingerprint density at radius 3 is 3.03 bits per heavy atom. The molecule has 0 unspecified atom stereocenters. The topological polar surface area (TPSA) is 63.0 Å². The minimum absolute atomic E-state index is 0.00770. The number of hydrogen-bond acceptors (Lipinski definition) is 5. The molecule has 1 fully saturated rings. The number of ether oxygens (including phenoxy) is 1. The molecular formula is C21H22FN5O2. The van der Waals surface area contributed by atoms with Gasteiger partial charge in [0.1, 0.15) is 24.0 Å². The highest BCUT2D eigenvalue weighted by Gasteiger charge is 2.30. The molecule has 2 aromatic heterocycles. The molecule has 1 aromatic carbocycles. The molecule has 3 aromatic rings. The van der Waals surface area contributed by atoms with Crippen molar-refractivity contribution in [2.45, 2.75) is 32.4 Å². The Balaban J connectivity index is 1.66. The average Bonchev–Trinajstić information content (AvgIpc) is 3.34. The molecule has 5 rings (SSSR count). The molecule has 1 saturated heterocycles. The highest BCUT2D eigenvalue weighted by molar-refractivity contribution is 5.73. The lowest BCUT2D eigenvalue weighted by Gasteiger charge is -2.27. The zero-order chi connectivity index (χ0) is 20.0. The first-order valence-electron chi connectivity index (χ1n) is 9.88. The maximum absolute atomic E-state index is 14.1.